The summed E-state index contributed by atoms with van der Waals surface area (Å²) in [6, 6.07) is 16.9. The molecule has 4 rings (SSSR count). The van der Waals surface area contributed by atoms with Gasteiger partial charge in [0.15, 0.2) is 0 Å². The summed E-state index contributed by atoms with van der Waals surface area (Å²) in [7, 11) is 8.30. The molecule has 0 saturated heterocycles. The molecule has 0 heterocycles. The van der Waals surface area contributed by atoms with Crippen LogP contribution in [-0.2, 0) is 135 Å². The van der Waals surface area contributed by atoms with Crippen LogP contribution < -0.4 is 25.5 Å². The van der Waals surface area contributed by atoms with Crippen molar-refractivity contribution in [3.63, 3.8) is 0 Å². The van der Waals surface area contributed by atoms with Crippen LogP contribution in [0.25, 0.3) is 0 Å². The molecule has 0 radical (unpaired) electrons. The standard InChI is InChI=1S/2C34H56N2O2.C3H7O.H2O.2Y/c2*1-31(2,3)25-17-23(29(37)27(19-25)33(7,8)9)21-35(13)15-16-36(14)22-24-18-26(32(4,5)6)20-28(30(24)38)34(10,11)12;1-3(2)4;;;/h2*17-20,37-38H,15-16,21-22H2,1-14H3;3H,1-2H3;1H2;;/q;;-1;;2*+3/p-5. The molecular formula is C71H116N4O6Y2. The zero-order valence-corrected chi connectivity index (χ0v) is 64.0. The Morgan fingerprint density at radius 3 is 0.542 bits per heavy atom. The van der Waals surface area contributed by atoms with Gasteiger partial charge in [-0.15, -0.1) is 29.1 Å². The molecule has 0 unspecified atom stereocenters. The SMILES string of the molecule is CC(C)[O-].CN(CCN(C)Cc1cc(C(C)(C)C)cc(C(C)(C)C)c1[O-])Cc1cc(C(C)(C)C)cc(C(C)(C)C)c1[O-].CN(CCN(C)Cc1cc(C(C)(C)C)cc(C(C)(C)C)c1[O-])Cc1cc(C(C)(C)C)cc(C(C)(C)C)c1[O-].[OH-].[Y+3].[Y+3]. The fraction of sp³-hybridized carbons (Fsp3) is 0.662. The Kier molecular flexibility index (Phi) is 32.0. The molecule has 83 heavy (non-hydrogen) atoms. The first-order chi connectivity index (χ1) is 35.8. The summed E-state index contributed by atoms with van der Waals surface area (Å²) in [5.41, 5.74) is 11.0. The summed E-state index contributed by atoms with van der Waals surface area (Å²) < 4.78 is 0. The fourth-order valence-corrected chi connectivity index (χ4v) is 9.35. The Morgan fingerprint density at radius 1 is 0.301 bits per heavy atom. The smallest absolute Gasteiger partial charge is 0.872 e. The third kappa shape index (κ3) is 26.3. The van der Waals surface area contributed by atoms with Gasteiger partial charge in [0.2, 0.25) is 0 Å². The maximum Gasteiger partial charge on any atom is 3.00 e. The van der Waals surface area contributed by atoms with Gasteiger partial charge in [-0.25, -0.2) is 0 Å². The predicted octanol–water partition coefficient (Wildman–Crippen LogP) is 12.7. The minimum absolute atomic E-state index is 0. The van der Waals surface area contributed by atoms with Crippen LogP contribution in [0.15, 0.2) is 48.5 Å². The van der Waals surface area contributed by atoms with Crippen LogP contribution in [0.1, 0.15) is 247 Å². The van der Waals surface area contributed by atoms with Crippen molar-refractivity contribution in [3.8, 4) is 23.0 Å². The van der Waals surface area contributed by atoms with Crippen molar-refractivity contribution in [2.45, 2.75) is 256 Å². The average molecular weight is 1300 g/mol. The number of hydrogen-bond acceptors (Lipinski definition) is 10. The zero-order chi connectivity index (χ0) is 62.4. The number of likely N-dealkylation sites (N-methyl/N-ethyl adjacent to an activating group) is 4. The molecule has 1 N–H and O–H groups in total. The van der Waals surface area contributed by atoms with E-state index < -0.39 is 6.10 Å². The molecule has 462 valence electrons. The Hall–Kier alpha value is -1.95. The summed E-state index contributed by atoms with van der Waals surface area (Å²) in [5.74, 6) is 0.650. The van der Waals surface area contributed by atoms with Crippen LogP contribution in [0.4, 0.5) is 0 Å². The monoisotopic (exact) mass is 1300 g/mol. The molecule has 10 nitrogen and oxygen atoms in total. The summed E-state index contributed by atoms with van der Waals surface area (Å²) in [5, 5.41) is 63.1. The molecule has 12 heteroatoms. The molecule has 4 aromatic rings. The Balaban J connectivity index is 0. The van der Waals surface area contributed by atoms with Crippen molar-refractivity contribution in [1.29, 1.82) is 0 Å². The molecule has 0 aliphatic rings. The summed E-state index contributed by atoms with van der Waals surface area (Å²) in [4.78, 5) is 8.87. The van der Waals surface area contributed by atoms with Crippen LogP contribution in [0.3, 0.4) is 0 Å². The first-order valence-corrected chi connectivity index (χ1v) is 29.6. The molecule has 0 fully saturated rings. The van der Waals surface area contributed by atoms with Gasteiger partial charge in [-0.1, -0.05) is 229 Å². The first-order valence-electron chi connectivity index (χ1n) is 29.6. The molecule has 0 atom stereocenters. The zero-order valence-electron chi connectivity index (χ0n) is 58.3. The Morgan fingerprint density at radius 2 is 0.434 bits per heavy atom. The molecule has 4 aromatic carbocycles. The van der Waals surface area contributed by atoms with E-state index in [0.29, 0.717) is 26.2 Å². The van der Waals surface area contributed by atoms with Gasteiger partial charge in [0, 0.05) is 52.4 Å². The van der Waals surface area contributed by atoms with Crippen molar-refractivity contribution in [2.24, 2.45) is 0 Å². The van der Waals surface area contributed by atoms with Crippen molar-refractivity contribution in [3.05, 3.63) is 115 Å². The van der Waals surface area contributed by atoms with Crippen molar-refractivity contribution in [1.82, 2.24) is 19.6 Å². The van der Waals surface area contributed by atoms with Gasteiger partial charge in [0.05, 0.1) is 0 Å². The minimum Gasteiger partial charge on any atom is -0.872 e. The second kappa shape index (κ2) is 32.0. The normalized spacial score (nSPS) is 12.9. The van der Waals surface area contributed by atoms with Gasteiger partial charge >= 0.3 is 65.4 Å². The maximum atomic E-state index is 13.4. The number of benzene rings is 4. The van der Waals surface area contributed by atoms with Gasteiger partial charge in [0.1, 0.15) is 0 Å². The summed E-state index contributed by atoms with van der Waals surface area (Å²) in [6.45, 7) is 60.7. The summed E-state index contributed by atoms with van der Waals surface area (Å²) in [6.07, 6.45) is -0.417. The van der Waals surface area contributed by atoms with Gasteiger partial charge in [-0.05, 0) is 138 Å². The van der Waals surface area contributed by atoms with Gasteiger partial charge in [-0.2, -0.15) is 0 Å². The van der Waals surface area contributed by atoms with E-state index in [2.05, 4.69) is 262 Å². The summed E-state index contributed by atoms with van der Waals surface area (Å²) >= 11 is 0. The molecule has 0 aliphatic carbocycles. The van der Waals surface area contributed by atoms with Gasteiger partial charge < -0.3 is 50.6 Å². The maximum absolute atomic E-state index is 13.4. The fourth-order valence-electron chi connectivity index (χ4n) is 9.35. The minimum atomic E-state index is -0.417. The molecule has 0 spiro atoms. The van der Waals surface area contributed by atoms with E-state index in [1.54, 1.807) is 13.8 Å². The quantitative estimate of drug-likeness (QED) is 0.119. The first kappa shape index (κ1) is 83.1. The third-order valence-corrected chi connectivity index (χ3v) is 14.8. The van der Waals surface area contributed by atoms with Crippen molar-refractivity contribution in [2.75, 3.05) is 54.4 Å². The van der Waals surface area contributed by atoms with Crippen molar-refractivity contribution < 1.29 is 96.4 Å². The van der Waals surface area contributed by atoms with Crippen LogP contribution >= 0.6 is 0 Å². The van der Waals surface area contributed by atoms with E-state index in [-0.39, 0.29) is 137 Å². The second-order valence-electron chi connectivity index (χ2n) is 32.0. The van der Waals surface area contributed by atoms with Crippen LogP contribution in [0.2, 0.25) is 0 Å². The van der Waals surface area contributed by atoms with E-state index in [4.69, 9.17) is 0 Å². The topological polar surface area (TPSA) is 158 Å². The number of rotatable bonds is 14. The number of hydrogen-bond donors (Lipinski definition) is 0. The largest absolute Gasteiger partial charge is 3.00 e. The van der Waals surface area contributed by atoms with Crippen LogP contribution in [-0.4, -0.2) is 85.5 Å². The molecule has 0 saturated carbocycles. The average Bonchev–Trinajstić information content (AvgIpc) is 3.24. The predicted molar refractivity (Wildman–Crippen MR) is 336 cm³/mol. The third-order valence-electron chi connectivity index (χ3n) is 14.8. The van der Waals surface area contributed by atoms with E-state index in [1.807, 2.05) is 0 Å². The van der Waals surface area contributed by atoms with E-state index in [9.17, 15) is 25.5 Å². The molecular weight excluding hydrogens is 1180 g/mol. The van der Waals surface area contributed by atoms with E-state index in [1.165, 1.54) is 22.3 Å². The number of nitrogens with zero attached hydrogens (tertiary/aromatic N) is 4. The molecule has 0 aliphatic heterocycles. The Bertz CT molecular complexity index is 2280. The molecule has 0 amide bonds. The van der Waals surface area contributed by atoms with E-state index >= 15 is 0 Å². The van der Waals surface area contributed by atoms with E-state index in [0.717, 1.165) is 70.7 Å². The van der Waals surface area contributed by atoms with Gasteiger partial charge in [-0.3, -0.25) is 0 Å². The molecule has 0 aromatic heterocycles. The van der Waals surface area contributed by atoms with Crippen LogP contribution in [0.5, 0.6) is 23.0 Å². The second-order valence-corrected chi connectivity index (χ2v) is 32.0. The van der Waals surface area contributed by atoms with Crippen LogP contribution in [0, 0.1) is 0 Å². The molecule has 0 bridgehead atoms. The van der Waals surface area contributed by atoms with Gasteiger partial charge in [0.25, 0.3) is 0 Å². The van der Waals surface area contributed by atoms with Crippen molar-refractivity contribution >= 4 is 0 Å². The Labute approximate surface area is 559 Å².